The van der Waals surface area contributed by atoms with Crippen LogP contribution < -0.4 is 0 Å². The second-order valence-electron chi connectivity index (χ2n) is 6.39. The fourth-order valence-corrected chi connectivity index (χ4v) is 3.13. The highest BCUT2D eigenvalue weighted by Gasteiger charge is 2.24. The molecule has 0 aliphatic rings. The van der Waals surface area contributed by atoms with Crippen LogP contribution in [-0.4, -0.2) is 6.26 Å². The fraction of sp³-hybridized carbons (Fsp3) is 0.600. The molecule has 0 unspecified atom stereocenters. The number of hydrogen-bond donors (Lipinski definition) is 0. The van der Waals surface area contributed by atoms with Gasteiger partial charge in [-0.25, -0.2) is 0 Å². The summed E-state index contributed by atoms with van der Waals surface area (Å²) in [6, 6.07) is 6.73. The Morgan fingerprint density at radius 1 is 0.812 bits per heavy atom. The van der Waals surface area contributed by atoms with E-state index in [-0.39, 0.29) is 10.8 Å². The maximum absolute atomic E-state index is 2.29. The molecule has 0 heterocycles. The summed E-state index contributed by atoms with van der Waals surface area (Å²) >= 11 is 1.88. The van der Waals surface area contributed by atoms with Gasteiger partial charge in [-0.15, -0.1) is 11.8 Å². The van der Waals surface area contributed by atoms with Gasteiger partial charge in [0.25, 0.3) is 0 Å². The predicted molar refractivity (Wildman–Crippen MR) is 75.6 cm³/mol. The standard InChI is InChI=1S/C15H24S/c1-14(2,3)11-9-8-10-12(13(11)16-7)15(4,5)6/h8-10H,1-7H3. The average molecular weight is 236 g/mol. The summed E-state index contributed by atoms with van der Waals surface area (Å²) in [5.41, 5.74) is 3.37. The normalized spacial score (nSPS) is 12.9. The van der Waals surface area contributed by atoms with Crippen molar-refractivity contribution in [1.82, 2.24) is 0 Å². The third-order valence-electron chi connectivity index (χ3n) is 2.84. The zero-order valence-electron chi connectivity index (χ0n) is 11.6. The van der Waals surface area contributed by atoms with Crippen LogP contribution in [0.25, 0.3) is 0 Å². The Bertz CT molecular complexity index is 332. The second-order valence-corrected chi connectivity index (χ2v) is 7.20. The molecule has 0 bridgehead atoms. The van der Waals surface area contributed by atoms with Crippen LogP contribution in [0.3, 0.4) is 0 Å². The molecule has 0 nitrogen and oxygen atoms in total. The smallest absolute Gasteiger partial charge is 0.0144 e. The van der Waals surface area contributed by atoms with Gasteiger partial charge in [0.2, 0.25) is 0 Å². The molecule has 0 spiro atoms. The summed E-state index contributed by atoms with van der Waals surface area (Å²) in [7, 11) is 0. The molecule has 0 saturated heterocycles. The van der Waals surface area contributed by atoms with Gasteiger partial charge in [-0.3, -0.25) is 0 Å². The van der Waals surface area contributed by atoms with Crippen molar-refractivity contribution >= 4 is 11.8 Å². The van der Waals surface area contributed by atoms with E-state index in [0.717, 1.165) is 0 Å². The molecule has 1 aromatic carbocycles. The lowest BCUT2D eigenvalue weighted by atomic mass is 9.80. The van der Waals surface area contributed by atoms with E-state index >= 15 is 0 Å². The van der Waals surface area contributed by atoms with Crippen LogP contribution in [0.2, 0.25) is 0 Å². The first-order valence-electron chi connectivity index (χ1n) is 5.86. The number of hydrogen-bond acceptors (Lipinski definition) is 1. The Morgan fingerprint density at radius 2 is 1.19 bits per heavy atom. The molecule has 1 rings (SSSR count). The third kappa shape index (κ3) is 2.82. The molecule has 0 aliphatic heterocycles. The van der Waals surface area contributed by atoms with Crippen molar-refractivity contribution in [3.8, 4) is 0 Å². The van der Waals surface area contributed by atoms with Crippen LogP contribution in [0, 0.1) is 0 Å². The molecule has 0 N–H and O–H groups in total. The zero-order valence-corrected chi connectivity index (χ0v) is 12.5. The third-order valence-corrected chi connectivity index (χ3v) is 3.68. The Labute approximate surface area is 105 Å². The Kier molecular flexibility index (Phi) is 3.79. The van der Waals surface area contributed by atoms with Gasteiger partial charge in [0, 0.05) is 4.90 Å². The number of thioether (sulfide) groups is 1. The summed E-state index contributed by atoms with van der Waals surface area (Å²) in [5, 5.41) is 0. The van der Waals surface area contributed by atoms with E-state index in [1.807, 2.05) is 11.8 Å². The van der Waals surface area contributed by atoms with E-state index in [1.165, 1.54) is 16.0 Å². The molecule has 0 radical (unpaired) electrons. The number of benzene rings is 1. The molecule has 0 saturated carbocycles. The van der Waals surface area contributed by atoms with E-state index in [0.29, 0.717) is 0 Å². The van der Waals surface area contributed by atoms with Crippen LogP contribution in [0.4, 0.5) is 0 Å². The molecule has 90 valence electrons. The van der Waals surface area contributed by atoms with Gasteiger partial charge >= 0.3 is 0 Å². The van der Waals surface area contributed by atoms with E-state index in [4.69, 9.17) is 0 Å². The first-order valence-corrected chi connectivity index (χ1v) is 7.08. The maximum atomic E-state index is 2.29. The van der Waals surface area contributed by atoms with Gasteiger partial charge < -0.3 is 0 Å². The molecule has 0 fully saturated rings. The fourth-order valence-electron chi connectivity index (χ4n) is 1.94. The minimum absolute atomic E-state index is 0.222. The van der Waals surface area contributed by atoms with Gasteiger partial charge in [0.15, 0.2) is 0 Å². The monoisotopic (exact) mass is 236 g/mol. The molecule has 1 aromatic rings. The van der Waals surface area contributed by atoms with Crippen molar-refractivity contribution in [3.63, 3.8) is 0 Å². The van der Waals surface area contributed by atoms with Gasteiger partial charge in [-0.2, -0.15) is 0 Å². The highest BCUT2D eigenvalue weighted by molar-refractivity contribution is 7.98. The summed E-state index contributed by atoms with van der Waals surface area (Å²) < 4.78 is 0. The molecule has 0 atom stereocenters. The first kappa shape index (κ1) is 13.6. The quantitative estimate of drug-likeness (QED) is 0.618. The summed E-state index contributed by atoms with van der Waals surface area (Å²) in [6.45, 7) is 13.7. The highest BCUT2D eigenvalue weighted by atomic mass is 32.2. The largest absolute Gasteiger partial charge is 0.129 e. The molecule has 1 heteroatoms. The minimum Gasteiger partial charge on any atom is -0.129 e. The van der Waals surface area contributed by atoms with Gasteiger partial charge in [0.1, 0.15) is 0 Å². The van der Waals surface area contributed by atoms with Crippen LogP contribution in [0.5, 0.6) is 0 Å². The SMILES string of the molecule is CSc1c(C(C)(C)C)cccc1C(C)(C)C. The maximum Gasteiger partial charge on any atom is 0.0144 e. The Hall–Kier alpha value is -0.430. The van der Waals surface area contributed by atoms with Gasteiger partial charge in [-0.1, -0.05) is 59.7 Å². The molecule has 16 heavy (non-hydrogen) atoms. The lowest BCUT2D eigenvalue weighted by molar-refractivity contribution is 0.546. The van der Waals surface area contributed by atoms with Gasteiger partial charge in [0.05, 0.1) is 0 Å². The lowest BCUT2D eigenvalue weighted by Crippen LogP contribution is -2.18. The number of rotatable bonds is 1. The summed E-state index contributed by atoms with van der Waals surface area (Å²) in [4.78, 5) is 1.46. The van der Waals surface area contributed by atoms with Crippen molar-refractivity contribution in [2.75, 3.05) is 6.26 Å². The van der Waals surface area contributed by atoms with E-state index in [1.54, 1.807) is 0 Å². The molecular weight excluding hydrogens is 212 g/mol. The Morgan fingerprint density at radius 3 is 1.44 bits per heavy atom. The lowest BCUT2D eigenvalue weighted by Gasteiger charge is -2.29. The highest BCUT2D eigenvalue weighted by Crippen LogP contribution is 2.38. The van der Waals surface area contributed by atoms with Crippen molar-refractivity contribution in [1.29, 1.82) is 0 Å². The molecule has 0 aliphatic carbocycles. The minimum atomic E-state index is 0.222. The average Bonchev–Trinajstić information content (AvgIpc) is 2.13. The van der Waals surface area contributed by atoms with Crippen LogP contribution in [0.15, 0.2) is 23.1 Å². The van der Waals surface area contributed by atoms with Crippen LogP contribution in [0.1, 0.15) is 52.7 Å². The van der Waals surface area contributed by atoms with Crippen molar-refractivity contribution in [2.24, 2.45) is 0 Å². The Balaban J connectivity index is 3.45. The zero-order chi connectivity index (χ0) is 12.6. The van der Waals surface area contributed by atoms with E-state index < -0.39 is 0 Å². The van der Waals surface area contributed by atoms with Crippen LogP contribution >= 0.6 is 11.8 Å². The molecular formula is C15H24S. The summed E-state index contributed by atoms with van der Waals surface area (Å²) in [5.74, 6) is 0. The van der Waals surface area contributed by atoms with Crippen molar-refractivity contribution in [3.05, 3.63) is 29.3 Å². The van der Waals surface area contributed by atoms with Crippen molar-refractivity contribution < 1.29 is 0 Å². The predicted octanol–water partition coefficient (Wildman–Crippen LogP) is 5.00. The van der Waals surface area contributed by atoms with Crippen LogP contribution in [-0.2, 0) is 10.8 Å². The summed E-state index contributed by atoms with van der Waals surface area (Å²) in [6.07, 6.45) is 2.18. The molecule has 0 aromatic heterocycles. The van der Waals surface area contributed by atoms with E-state index in [2.05, 4.69) is 66.0 Å². The molecule has 0 amide bonds. The second kappa shape index (κ2) is 4.44. The van der Waals surface area contributed by atoms with Gasteiger partial charge in [-0.05, 0) is 28.2 Å². The topological polar surface area (TPSA) is 0 Å². The van der Waals surface area contributed by atoms with E-state index in [9.17, 15) is 0 Å². The van der Waals surface area contributed by atoms with Crippen molar-refractivity contribution in [2.45, 2.75) is 57.3 Å². The first-order chi connectivity index (χ1) is 7.18.